The first-order chi connectivity index (χ1) is 9.36. The van der Waals surface area contributed by atoms with Crippen LogP contribution in [0.25, 0.3) is 10.8 Å². The van der Waals surface area contributed by atoms with Gasteiger partial charge in [0.2, 0.25) is 0 Å². The molecule has 0 saturated heterocycles. The zero-order chi connectivity index (χ0) is 12.8. The lowest BCUT2D eigenvalue weighted by Gasteiger charge is -2.17. The third-order valence-electron chi connectivity index (χ3n) is 3.57. The average Bonchev–Trinajstić information content (AvgIpc) is 2.76. The highest BCUT2D eigenvalue weighted by atomic mass is 16.2. The van der Waals surface area contributed by atoms with Crippen LogP contribution in [0.4, 0.5) is 11.4 Å². The molecule has 4 rings (SSSR count). The lowest BCUT2D eigenvalue weighted by Crippen LogP contribution is -2.20. The number of amides is 1. The summed E-state index contributed by atoms with van der Waals surface area (Å²) in [6.07, 6.45) is 0. The molecule has 2 nitrogen and oxygen atoms in total. The molecule has 0 radical (unpaired) electrons. The van der Waals surface area contributed by atoms with Crippen LogP contribution in [0.15, 0.2) is 66.7 Å². The second-order valence-corrected chi connectivity index (χ2v) is 4.66. The Bertz CT molecular complexity index is 787. The van der Waals surface area contributed by atoms with Crippen molar-refractivity contribution in [3.05, 3.63) is 72.3 Å². The highest BCUT2D eigenvalue weighted by Crippen LogP contribution is 2.41. The van der Waals surface area contributed by atoms with Gasteiger partial charge in [-0.1, -0.05) is 42.5 Å². The summed E-state index contributed by atoms with van der Waals surface area (Å²) in [4.78, 5) is 14.4. The normalized spacial score (nSPS) is 13.3. The van der Waals surface area contributed by atoms with Gasteiger partial charge in [0, 0.05) is 11.1 Å². The molecule has 0 unspecified atom stereocenters. The molecule has 2 heteroatoms. The quantitative estimate of drug-likeness (QED) is 0.631. The van der Waals surface area contributed by atoms with Crippen molar-refractivity contribution >= 4 is 28.1 Å². The first kappa shape index (κ1) is 10.3. The predicted octanol–water partition coefficient (Wildman–Crippen LogP) is 4.13. The zero-order valence-electron chi connectivity index (χ0n) is 10.2. The molecular formula is C17H11NO. The van der Waals surface area contributed by atoms with E-state index in [-0.39, 0.29) is 5.91 Å². The van der Waals surface area contributed by atoms with Crippen LogP contribution in [0.1, 0.15) is 10.4 Å². The highest BCUT2D eigenvalue weighted by molar-refractivity contribution is 6.27. The molecule has 1 aliphatic heterocycles. The van der Waals surface area contributed by atoms with Gasteiger partial charge in [0.25, 0.3) is 5.91 Å². The number of rotatable bonds is 1. The van der Waals surface area contributed by atoms with Crippen molar-refractivity contribution in [2.45, 2.75) is 0 Å². The molecule has 1 amide bonds. The minimum Gasteiger partial charge on any atom is -0.276 e. The maximum absolute atomic E-state index is 12.6. The van der Waals surface area contributed by atoms with Crippen LogP contribution in [0.3, 0.4) is 0 Å². The summed E-state index contributed by atoms with van der Waals surface area (Å²) >= 11 is 0. The maximum Gasteiger partial charge on any atom is 0.263 e. The molecule has 3 aromatic rings. The molecule has 0 spiro atoms. The van der Waals surface area contributed by atoms with Crippen LogP contribution in [-0.2, 0) is 0 Å². The first-order valence-corrected chi connectivity index (χ1v) is 6.27. The fourth-order valence-electron chi connectivity index (χ4n) is 2.75. The van der Waals surface area contributed by atoms with Crippen LogP contribution >= 0.6 is 0 Å². The number of hydrogen-bond acceptors (Lipinski definition) is 1. The van der Waals surface area contributed by atoms with Crippen LogP contribution in [0, 0.1) is 0 Å². The second-order valence-electron chi connectivity index (χ2n) is 4.66. The van der Waals surface area contributed by atoms with Gasteiger partial charge in [0.05, 0.1) is 11.3 Å². The topological polar surface area (TPSA) is 20.3 Å². The second kappa shape index (κ2) is 3.69. The van der Waals surface area contributed by atoms with E-state index in [1.807, 2.05) is 66.7 Å². The van der Waals surface area contributed by atoms with E-state index < -0.39 is 0 Å². The minimum absolute atomic E-state index is 0.0537. The van der Waals surface area contributed by atoms with E-state index in [4.69, 9.17) is 0 Å². The molecule has 0 N–H and O–H groups in total. The van der Waals surface area contributed by atoms with Gasteiger partial charge < -0.3 is 0 Å². The molecule has 19 heavy (non-hydrogen) atoms. The average molecular weight is 245 g/mol. The number of para-hydroxylation sites is 1. The lowest BCUT2D eigenvalue weighted by atomic mass is 10.1. The lowest BCUT2D eigenvalue weighted by molar-refractivity contribution is 0.100. The van der Waals surface area contributed by atoms with Crippen LogP contribution < -0.4 is 4.90 Å². The molecule has 0 aliphatic carbocycles. The summed E-state index contributed by atoms with van der Waals surface area (Å²) in [6.45, 7) is 0. The summed E-state index contributed by atoms with van der Waals surface area (Å²) in [7, 11) is 0. The van der Waals surface area contributed by atoms with Gasteiger partial charge in [-0.25, -0.2) is 0 Å². The first-order valence-electron chi connectivity index (χ1n) is 6.27. The predicted molar refractivity (Wildman–Crippen MR) is 76.9 cm³/mol. The smallest absolute Gasteiger partial charge is 0.263 e. The van der Waals surface area contributed by atoms with Crippen molar-refractivity contribution in [1.29, 1.82) is 0 Å². The van der Waals surface area contributed by atoms with E-state index in [0.717, 1.165) is 27.7 Å². The van der Waals surface area contributed by atoms with Gasteiger partial charge in [0.1, 0.15) is 0 Å². The number of hydrogen-bond donors (Lipinski definition) is 0. The summed E-state index contributed by atoms with van der Waals surface area (Å²) in [5.41, 5.74) is 2.68. The molecule has 1 aliphatic rings. The number of nitrogens with zero attached hydrogens (tertiary/aromatic N) is 1. The highest BCUT2D eigenvalue weighted by Gasteiger charge is 2.30. The van der Waals surface area contributed by atoms with Crippen LogP contribution in [-0.4, -0.2) is 5.91 Å². The summed E-state index contributed by atoms with van der Waals surface area (Å²) < 4.78 is 0. The van der Waals surface area contributed by atoms with Gasteiger partial charge in [-0.2, -0.15) is 0 Å². The van der Waals surface area contributed by atoms with Crippen molar-refractivity contribution in [2.24, 2.45) is 0 Å². The third-order valence-corrected chi connectivity index (χ3v) is 3.57. The van der Waals surface area contributed by atoms with Gasteiger partial charge in [-0.05, 0) is 29.7 Å². The van der Waals surface area contributed by atoms with E-state index in [0.29, 0.717) is 0 Å². The minimum atomic E-state index is 0.0537. The van der Waals surface area contributed by atoms with Crippen molar-refractivity contribution in [2.75, 3.05) is 4.90 Å². The van der Waals surface area contributed by atoms with Crippen molar-refractivity contribution in [3.63, 3.8) is 0 Å². The largest absolute Gasteiger partial charge is 0.276 e. The van der Waals surface area contributed by atoms with E-state index in [9.17, 15) is 4.79 Å². The van der Waals surface area contributed by atoms with E-state index in [1.165, 1.54) is 0 Å². The van der Waals surface area contributed by atoms with Gasteiger partial charge in [-0.3, -0.25) is 9.69 Å². The summed E-state index contributed by atoms with van der Waals surface area (Å²) in [6, 6.07) is 21.7. The van der Waals surface area contributed by atoms with Crippen molar-refractivity contribution in [1.82, 2.24) is 0 Å². The molecule has 0 atom stereocenters. The Labute approximate surface area is 110 Å². The third kappa shape index (κ3) is 1.34. The molecule has 3 aromatic carbocycles. The summed E-state index contributed by atoms with van der Waals surface area (Å²) in [5.74, 6) is 0.0537. The van der Waals surface area contributed by atoms with Crippen LogP contribution in [0.2, 0.25) is 0 Å². The number of benzene rings is 3. The monoisotopic (exact) mass is 245 g/mol. The fourth-order valence-corrected chi connectivity index (χ4v) is 2.75. The summed E-state index contributed by atoms with van der Waals surface area (Å²) in [5, 5.41) is 2.17. The van der Waals surface area contributed by atoms with E-state index >= 15 is 0 Å². The Kier molecular flexibility index (Phi) is 2.00. The Morgan fingerprint density at radius 3 is 2.26 bits per heavy atom. The standard InChI is InChI=1S/C17H11NO/c19-17-14-10-4-6-12-7-5-11-15(16(12)14)18(17)13-8-2-1-3-9-13/h1-11H. The number of carbonyl (C=O) groups is 1. The Hall–Kier alpha value is -2.61. The van der Waals surface area contributed by atoms with Crippen molar-refractivity contribution < 1.29 is 4.79 Å². The number of carbonyl (C=O) groups excluding carboxylic acids is 1. The van der Waals surface area contributed by atoms with E-state index in [2.05, 4.69) is 0 Å². The molecule has 0 aromatic heterocycles. The Morgan fingerprint density at radius 1 is 0.737 bits per heavy atom. The van der Waals surface area contributed by atoms with Crippen molar-refractivity contribution in [3.8, 4) is 0 Å². The molecule has 90 valence electrons. The molecular weight excluding hydrogens is 234 g/mol. The van der Waals surface area contributed by atoms with Gasteiger partial charge >= 0.3 is 0 Å². The molecule has 0 saturated carbocycles. The van der Waals surface area contributed by atoms with Crippen LogP contribution in [0.5, 0.6) is 0 Å². The molecule has 0 fully saturated rings. The van der Waals surface area contributed by atoms with Gasteiger partial charge in [0.15, 0.2) is 0 Å². The SMILES string of the molecule is O=C1c2cccc3cccc(c23)N1c1ccccc1. The van der Waals surface area contributed by atoms with Gasteiger partial charge in [-0.15, -0.1) is 0 Å². The number of anilines is 2. The molecule has 1 heterocycles. The van der Waals surface area contributed by atoms with E-state index in [1.54, 1.807) is 4.90 Å². The Balaban J connectivity index is 2.04. The zero-order valence-corrected chi connectivity index (χ0v) is 10.2. The molecule has 0 bridgehead atoms. The Morgan fingerprint density at radius 2 is 1.47 bits per heavy atom. The maximum atomic E-state index is 12.6. The fraction of sp³-hybridized carbons (Fsp3) is 0.